The molecule has 1 aromatic rings. The van der Waals surface area contributed by atoms with Crippen molar-refractivity contribution in [1.29, 1.82) is 0 Å². The highest BCUT2D eigenvalue weighted by atomic mass is 79.9. The van der Waals surface area contributed by atoms with Crippen LogP contribution < -0.4 is 10.6 Å². The summed E-state index contributed by atoms with van der Waals surface area (Å²) in [5.41, 5.74) is 0.345. The van der Waals surface area contributed by atoms with E-state index in [1.165, 1.54) is 6.07 Å². The van der Waals surface area contributed by atoms with Gasteiger partial charge in [-0.1, -0.05) is 11.6 Å². The Labute approximate surface area is 122 Å². The predicted octanol–water partition coefficient (Wildman–Crippen LogP) is 1.64. The minimum Gasteiger partial charge on any atom is -0.340 e. The molecule has 0 bridgehead atoms. The van der Waals surface area contributed by atoms with Crippen molar-refractivity contribution in [2.45, 2.75) is 18.9 Å². The Kier molecular flexibility index (Phi) is 4.21. The van der Waals surface area contributed by atoms with Gasteiger partial charge in [0.25, 0.3) is 5.91 Å². The molecular weight excluding hydrogens is 336 g/mol. The van der Waals surface area contributed by atoms with Gasteiger partial charge < -0.3 is 5.32 Å². The largest absolute Gasteiger partial charge is 0.340 e. The van der Waals surface area contributed by atoms with E-state index in [0.29, 0.717) is 21.5 Å². The molecule has 1 aliphatic heterocycles. The zero-order valence-electron chi connectivity index (χ0n) is 9.70. The van der Waals surface area contributed by atoms with Crippen LogP contribution in [-0.2, 0) is 9.59 Å². The first kappa shape index (κ1) is 14.0. The molecule has 1 aliphatic rings. The van der Waals surface area contributed by atoms with Gasteiger partial charge in [-0.3, -0.25) is 19.7 Å². The summed E-state index contributed by atoms with van der Waals surface area (Å²) in [7, 11) is 0. The van der Waals surface area contributed by atoms with Crippen molar-refractivity contribution < 1.29 is 14.4 Å². The third kappa shape index (κ3) is 3.33. The summed E-state index contributed by atoms with van der Waals surface area (Å²) in [6, 6.07) is 4.11. The Balaban J connectivity index is 2.11. The van der Waals surface area contributed by atoms with E-state index >= 15 is 0 Å². The van der Waals surface area contributed by atoms with Crippen LogP contribution in [0.1, 0.15) is 23.2 Å². The molecule has 1 unspecified atom stereocenters. The van der Waals surface area contributed by atoms with Crippen LogP contribution in [0, 0.1) is 0 Å². The first-order chi connectivity index (χ1) is 8.97. The van der Waals surface area contributed by atoms with E-state index in [2.05, 4.69) is 26.6 Å². The summed E-state index contributed by atoms with van der Waals surface area (Å²) in [6.07, 6.45) is 0.516. The van der Waals surface area contributed by atoms with E-state index in [9.17, 15) is 14.4 Å². The van der Waals surface area contributed by atoms with E-state index in [1.54, 1.807) is 12.1 Å². The molecule has 0 spiro atoms. The molecule has 2 rings (SSSR count). The van der Waals surface area contributed by atoms with Crippen molar-refractivity contribution in [3.63, 3.8) is 0 Å². The fourth-order valence-electron chi connectivity index (χ4n) is 1.74. The molecule has 19 heavy (non-hydrogen) atoms. The van der Waals surface area contributed by atoms with Gasteiger partial charge in [-0.25, -0.2) is 0 Å². The normalized spacial score (nSPS) is 18.9. The van der Waals surface area contributed by atoms with E-state index in [1.807, 2.05) is 0 Å². The molecule has 0 radical (unpaired) electrons. The summed E-state index contributed by atoms with van der Waals surface area (Å²) in [6.45, 7) is 0. The Morgan fingerprint density at radius 3 is 2.84 bits per heavy atom. The van der Waals surface area contributed by atoms with Crippen molar-refractivity contribution in [1.82, 2.24) is 10.6 Å². The molecule has 1 heterocycles. The summed E-state index contributed by atoms with van der Waals surface area (Å²) < 4.78 is 0.585. The Hall–Kier alpha value is -1.40. The number of imide groups is 1. The lowest BCUT2D eigenvalue weighted by Gasteiger charge is -2.22. The summed E-state index contributed by atoms with van der Waals surface area (Å²) >= 11 is 9.07. The van der Waals surface area contributed by atoms with E-state index < -0.39 is 17.9 Å². The molecule has 1 atom stereocenters. The van der Waals surface area contributed by atoms with Gasteiger partial charge in [-0.2, -0.15) is 0 Å². The van der Waals surface area contributed by atoms with Crippen LogP contribution in [0.3, 0.4) is 0 Å². The lowest BCUT2D eigenvalue weighted by atomic mass is 10.1. The maximum absolute atomic E-state index is 12.0. The zero-order valence-corrected chi connectivity index (χ0v) is 12.0. The van der Waals surface area contributed by atoms with E-state index in [4.69, 9.17) is 11.6 Å². The average molecular weight is 346 g/mol. The van der Waals surface area contributed by atoms with Crippen molar-refractivity contribution in [3.05, 3.63) is 33.3 Å². The van der Waals surface area contributed by atoms with Crippen molar-refractivity contribution in [3.8, 4) is 0 Å². The van der Waals surface area contributed by atoms with Gasteiger partial charge in [0.1, 0.15) is 6.04 Å². The Morgan fingerprint density at radius 1 is 1.42 bits per heavy atom. The highest BCUT2D eigenvalue weighted by Crippen LogP contribution is 2.21. The number of halogens is 2. The number of benzene rings is 1. The second kappa shape index (κ2) is 5.71. The molecule has 5 nitrogen and oxygen atoms in total. The van der Waals surface area contributed by atoms with Gasteiger partial charge >= 0.3 is 0 Å². The third-order valence-corrected chi connectivity index (χ3v) is 3.64. The highest BCUT2D eigenvalue weighted by Gasteiger charge is 2.28. The first-order valence-electron chi connectivity index (χ1n) is 5.57. The second-order valence-electron chi connectivity index (χ2n) is 4.10. The molecule has 0 aliphatic carbocycles. The summed E-state index contributed by atoms with van der Waals surface area (Å²) in [5, 5.41) is 5.19. The lowest BCUT2D eigenvalue weighted by Crippen LogP contribution is -2.52. The SMILES string of the molecule is O=C1CCC(NC(=O)c2cc(Cl)ccc2Br)C(=O)N1. The number of carbonyl (C=O) groups excluding carboxylic acids is 3. The smallest absolute Gasteiger partial charge is 0.253 e. The molecule has 2 N–H and O–H groups in total. The Bertz CT molecular complexity index is 562. The average Bonchev–Trinajstić information content (AvgIpc) is 2.35. The van der Waals surface area contributed by atoms with Crippen LogP contribution in [0.2, 0.25) is 5.02 Å². The Morgan fingerprint density at radius 2 is 2.16 bits per heavy atom. The quantitative estimate of drug-likeness (QED) is 0.800. The molecule has 0 aromatic heterocycles. The molecule has 1 saturated heterocycles. The summed E-state index contributed by atoms with van der Waals surface area (Å²) in [5.74, 6) is -1.22. The van der Waals surface area contributed by atoms with Gasteiger partial charge in [0.2, 0.25) is 11.8 Å². The van der Waals surface area contributed by atoms with Crippen LogP contribution >= 0.6 is 27.5 Å². The molecular formula is C12H10BrClN2O3. The highest BCUT2D eigenvalue weighted by molar-refractivity contribution is 9.10. The standard InChI is InChI=1S/C12H10BrClN2O3/c13-8-2-1-6(14)5-7(8)11(18)15-9-3-4-10(17)16-12(9)19/h1-2,5,9H,3-4H2,(H,15,18)(H,16,17,19). The van der Waals surface area contributed by atoms with Gasteiger partial charge in [-0.05, 0) is 40.5 Å². The molecule has 0 saturated carbocycles. The van der Waals surface area contributed by atoms with Crippen molar-refractivity contribution in [2.75, 3.05) is 0 Å². The number of amides is 3. The van der Waals surface area contributed by atoms with Gasteiger partial charge in [-0.15, -0.1) is 0 Å². The number of carbonyl (C=O) groups is 3. The topological polar surface area (TPSA) is 75.3 Å². The first-order valence-corrected chi connectivity index (χ1v) is 6.74. The predicted molar refractivity (Wildman–Crippen MR) is 72.8 cm³/mol. The number of nitrogens with one attached hydrogen (secondary N) is 2. The number of piperidine rings is 1. The van der Waals surface area contributed by atoms with Crippen molar-refractivity contribution in [2.24, 2.45) is 0 Å². The second-order valence-corrected chi connectivity index (χ2v) is 5.39. The van der Waals surface area contributed by atoms with Gasteiger partial charge in [0.15, 0.2) is 0 Å². The molecule has 7 heteroatoms. The third-order valence-electron chi connectivity index (χ3n) is 2.72. The van der Waals surface area contributed by atoms with Crippen molar-refractivity contribution >= 4 is 45.3 Å². The van der Waals surface area contributed by atoms with Crippen LogP contribution in [0.15, 0.2) is 22.7 Å². The number of hydrogen-bond acceptors (Lipinski definition) is 3. The maximum Gasteiger partial charge on any atom is 0.253 e. The molecule has 3 amide bonds. The number of rotatable bonds is 2. The number of hydrogen-bond donors (Lipinski definition) is 2. The fraction of sp³-hybridized carbons (Fsp3) is 0.250. The van der Waals surface area contributed by atoms with Gasteiger partial charge in [0, 0.05) is 15.9 Å². The van der Waals surface area contributed by atoms with E-state index in [-0.39, 0.29) is 12.3 Å². The molecule has 100 valence electrons. The monoisotopic (exact) mass is 344 g/mol. The fourth-order valence-corrected chi connectivity index (χ4v) is 2.34. The summed E-state index contributed by atoms with van der Waals surface area (Å²) in [4.78, 5) is 34.6. The van der Waals surface area contributed by atoms with Crippen LogP contribution in [0.5, 0.6) is 0 Å². The maximum atomic E-state index is 12.0. The van der Waals surface area contributed by atoms with Gasteiger partial charge in [0.05, 0.1) is 5.56 Å². The van der Waals surface area contributed by atoms with Crippen LogP contribution in [-0.4, -0.2) is 23.8 Å². The molecule has 1 fully saturated rings. The van der Waals surface area contributed by atoms with E-state index in [0.717, 1.165) is 0 Å². The molecule has 1 aromatic carbocycles. The lowest BCUT2D eigenvalue weighted by molar-refractivity contribution is -0.134. The zero-order chi connectivity index (χ0) is 14.0. The van der Waals surface area contributed by atoms with Crippen LogP contribution in [0.4, 0.5) is 0 Å². The minimum atomic E-state index is -0.698. The minimum absolute atomic E-state index is 0.216. The van der Waals surface area contributed by atoms with Crippen LogP contribution in [0.25, 0.3) is 0 Å².